The first-order valence-corrected chi connectivity index (χ1v) is 6.87. The maximum absolute atomic E-state index is 12.3. The minimum Gasteiger partial charge on any atom is -0.368 e. The van der Waals surface area contributed by atoms with Crippen LogP contribution in [0.5, 0.6) is 0 Å². The standard InChI is InChI=1S/C10H13F3O6S/c1-3-4-17-9-6(2)18-8(14)5-7(9)19-20(15,16)10(11,12)13/h1,6-9,14H,4-5H2,2H3. The molecule has 1 N–H and O–H groups in total. The molecule has 1 aliphatic heterocycles. The molecule has 1 rings (SSSR count). The van der Waals surface area contributed by atoms with E-state index in [2.05, 4.69) is 10.1 Å². The summed E-state index contributed by atoms with van der Waals surface area (Å²) in [5.41, 5.74) is -5.56. The SMILES string of the molecule is C#CCOC1C(C)OC(O)CC1OS(=O)(=O)C(F)(F)F. The Bertz CT molecular complexity index is 468. The molecule has 1 heterocycles. The molecule has 1 saturated heterocycles. The van der Waals surface area contributed by atoms with Gasteiger partial charge in [0.2, 0.25) is 0 Å². The molecule has 4 unspecified atom stereocenters. The van der Waals surface area contributed by atoms with E-state index < -0.39 is 46.6 Å². The van der Waals surface area contributed by atoms with E-state index in [0.29, 0.717) is 0 Å². The van der Waals surface area contributed by atoms with Crippen molar-refractivity contribution in [2.45, 2.75) is 43.5 Å². The lowest BCUT2D eigenvalue weighted by Gasteiger charge is -2.37. The third kappa shape index (κ3) is 4.07. The normalized spacial score (nSPS) is 31.8. The average Bonchev–Trinajstić information content (AvgIpc) is 2.25. The van der Waals surface area contributed by atoms with Crippen LogP contribution in [0.25, 0.3) is 0 Å². The van der Waals surface area contributed by atoms with Crippen LogP contribution in [0.2, 0.25) is 0 Å². The Hall–Kier alpha value is -0.860. The highest BCUT2D eigenvalue weighted by Crippen LogP contribution is 2.31. The molecule has 10 heteroatoms. The van der Waals surface area contributed by atoms with Gasteiger partial charge in [0.1, 0.15) is 18.8 Å². The number of alkyl halides is 3. The number of halogens is 3. The summed E-state index contributed by atoms with van der Waals surface area (Å²) < 4.78 is 72.9. The summed E-state index contributed by atoms with van der Waals surface area (Å²) in [6, 6.07) is 0. The van der Waals surface area contributed by atoms with Crippen LogP contribution in [0.3, 0.4) is 0 Å². The molecule has 4 atom stereocenters. The average molecular weight is 318 g/mol. The fourth-order valence-corrected chi connectivity index (χ4v) is 2.34. The molecule has 0 aromatic rings. The Morgan fingerprint density at radius 2 is 2.10 bits per heavy atom. The van der Waals surface area contributed by atoms with E-state index in [1.807, 2.05) is 0 Å². The van der Waals surface area contributed by atoms with Crippen molar-refractivity contribution in [2.75, 3.05) is 6.61 Å². The number of rotatable bonds is 4. The first kappa shape index (κ1) is 17.2. The van der Waals surface area contributed by atoms with Crippen molar-refractivity contribution < 1.29 is 40.4 Å². The number of ether oxygens (including phenoxy) is 2. The lowest BCUT2D eigenvalue weighted by molar-refractivity contribution is -0.231. The Morgan fingerprint density at radius 3 is 2.60 bits per heavy atom. The molecule has 1 fully saturated rings. The van der Waals surface area contributed by atoms with E-state index >= 15 is 0 Å². The van der Waals surface area contributed by atoms with Crippen molar-refractivity contribution in [3.05, 3.63) is 0 Å². The van der Waals surface area contributed by atoms with E-state index in [0.717, 1.165) is 0 Å². The fourth-order valence-electron chi connectivity index (χ4n) is 1.71. The van der Waals surface area contributed by atoms with Gasteiger partial charge in [-0.3, -0.25) is 4.18 Å². The van der Waals surface area contributed by atoms with Gasteiger partial charge in [0, 0.05) is 6.42 Å². The van der Waals surface area contributed by atoms with E-state index in [-0.39, 0.29) is 6.61 Å². The number of aliphatic hydroxyl groups is 1. The van der Waals surface area contributed by atoms with Gasteiger partial charge in [-0.15, -0.1) is 6.42 Å². The molecule has 0 saturated carbocycles. The second-order valence-electron chi connectivity index (χ2n) is 4.05. The highest BCUT2D eigenvalue weighted by molar-refractivity contribution is 7.87. The molecule has 0 radical (unpaired) electrons. The van der Waals surface area contributed by atoms with Crippen LogP contribution in [0.1, 0.15) is 13.3 Å². The Labute approximate surface area is 113 Å². The lowest BCUT2D eigenvalue weighted by atomic mass is 10.0. The molecule has 0 spiro atoms. The van der Waals surface area contributed by atoms with Gasteiger partial charge in [0.05, 0.1) is 6.10 Å². The Morgan fingerprint density at radius 1 is 1.50 bits per heavy atom. The molecular formula is C10H13F3O6S. The van der Waals surface area contributed by atoms with Gasteiger partial charge in [-0.1, -0.05) is 5.92 Å². The molecule has 6 nitrogen and oxygen atoms in total. The van der Waals surface area contributed by atoms with Crippen LogP contribution in [0, 0.1) is 12.3 Å². The summed E-state index contributed by atoms with van der Waals surface area (Å²) in [6.07, 6.45) is -0.572. The molecule has 0 bridgehead atoms. The summed E-state index contributed by atoms with van der Waals surface area (Å²) in [5.74, 6) is 2.09. The van der Waals surface area contributed by atoms with Gasteiger partial charge in [0.15, 0.2) is 6.29 Å². The summed E-state index contributed by atoms with van der Waals surface area (Å²) in [7, 11) is -5.80. The second-order valence-corrected chi connectivity index (χ2v) is 5.61. The quantitative estimate of drug-likeness (QED) is 0.458. The maximum Gasteiger partial charge on any atom is 0.523 e. The highest BCUT2D eigenvalue weighted by Gasteiger charge is 2.51. The minimum atomic E-state index is -5.80. The molecule has 0 aromatic carbocycles. The van der Waals surface area contributed by atoms with Gasteiger partial charge >= 0.3 is 15.6 Å². The van der Waals surface area contributed by atoms with Crippen LogP contribution in [0.4, 0.5) is 13.2 Å². The van der Waals surface area contributed by atoms with Crippen molar-refractivity contribution in [1.82, 2.24) is 0 Å². The highest BCUT2D eigenvalue weighted by atomic mass is 32.2. The Kier molecular flexibility index (Phi) is 5.39. The monoisotopic (exact) mass is 318 g/mol. The fraction of sp³-hybridized carbons (Fsp3) is 0.800. The summed E-state index contributed by atoms with van der Waals surface area (Å²) in [4.78, 5) is 0. The van der Waals surface area contributed by atoms with Crippen LogP contribution in [-0.2, 0) is 23.8 Å². The zero-order valence-electron chi connectivity index (χ0n) is 10.3. The van der Waals surface area contributed by atoms with Crippen LogP contribution in [-0.4, -0.2) is 50.2 Å². The predicted octanol–water partition coefficient (Wildman–Crippen LogP) is 0.367. The molecule has 1 aliphatic rings. The third-order valence-corrected chi connectivity index (χ3v) is 3.60. The van der Waals surface area contributed by atoms with Crippen LogP contribution >= 0.6 is 0 Å². The number of hydrogen-bond acceptors (Lipinski definition) is 6. The summed E-state index contributed by atoms with van der Waals surface area (Å²) >= 11 is 0. The topological polar surface area (TPSA) is 82.1 Å². The van der Waals surface area contributed by atoms with Gasteiger partial charge in [-0.25, -0.2) is 0 Å². The van der Waals surface area contributed by atoms with E-state index in [4.69, 9.17) is 15.9 Å². The summed E-state index contributed by atoms with van der Waals surface area (Å²) in [5, 5.41) is 9.32. The number of aliphatic hydroxyl groups excluding tert-OH is 1. The zero-order valence-corrected chi connectivity index (χ0v) is 11.1. The molecule has 20 heavy (non-hydrogen) atoms. The van der Waals surface area contributed by atoms with Crippen LogP contribution in [0.15, 0.2) is 0 Å². The largest absolute Gasteiger partial charge is 0.523 e. The first-order valence-electron chi connectivity index (χ1n) is 5.46. The molecular weight excluding hydrogens is 305 g/mol. The maximum atomic E-state index is 12.3. The smallest absolute Gasteiger partial charge is 0.368 e. The molecule has 0 aromatic heterocycles. The van der Waals surface area contributed by atoms with Crippen molar-refractivity contribution in [3.8, 4) is 12.3 Å². The van der Waals surface area contributed by atoms with Gasteiger partial charge < -0.3 is 14.6 Å². The van der Waals surface area contributed by atoms with E-state index in [9.17, 15) is 26.7 Å². The van der Waals surface area contributed by atoms with Gasteiger partial charge in [-0.05, 0) is 6.92 Å². The van der Waals surface area contributed by atoms with E-state index in [1.165, 1.54) is 6.92 Å². The van der Waals surface area contributed by atoms with Crippen molar-refractivity contribution in [1.29, 1.82) is 0 Å². The van der Waals surface area contributed by atoms with Gasteiger partial charge in [0.25, 0.3) is 0 Å². The first-order chi connectivity index (χ1) is 9.08. The minimum absolute atomic E-state index is 0.264. The lowest BCUT2D eigenvalue weighted by Crippen LogP contribution is -2.51. The van der Waals surface area contributed by atoms with E-state index in [1.54, 1.807) is 0 Å². The molecule has 0 amide bonds. The zero-order chi connectivity index (χ0) is 15.6. The van der Waals surface area contributed by atoms with Gasteiger partial charge in [-0.2, -0.15) is 21.6 Å². The number of hydrogen-bond donors (Lipinski definition) is 1. The van der Waals surface area contributed by atoms with Crippen molar-refractivity contribution >= 4 is 10.1 Å². The predicted molar refractivity (Wildman–Crippen MR) is 59.6 cm³/mol. The van der Waals surface area contributed by atoms with Crippen LogP contribution < -0.4 is 0 Å². The second kappa shape index (κ2) is 6.28. The Balaban J connectivity index is 2.90. The molecule has 0 aliphatic carbocycles. The molecule has 116 valence electrons. The third-order valence-electron chi connectivity index (χ3n) is 2.53. The van der Waals surface area contributed by atoms with Crippen molar-refractivity contribution in [2.24, 2.45) is 0 Å². The number of terminal acetylenes is 1. The van der Waals surface area contributed by atoms with Crippen molar-refractivity contribution in [3.63, 3.8) is 0 Å². The summed E-state index contributed by atoms with van der Waals surface area (Å²) in [6.45, 7) is 1.13.